The molecule has 1 amide bonds. The fourth-order valence-corrected chi connectivity index (χ4v) is 2.16. The third-order valence-corrected chi connectivity index (χ3v) is 3.50. The Morgan fingerprint density at radius 2 is 1.86 bits per heavy atom. The number of nitrogens with zero attached hydrogens (tertiary/aromatic N) is 2. The Bertz CT molecular complexity index is 583. The van der Waals surface area contributed by atoms with Crippen molar-refractivity contribution in [2.75, 3.05) is 0 Å². The van der Waals surface area contributed by atoms with Gasteiger partial charge in [0.2, 0.25) is 5.91 Å². The molecule has 0 aromatic heterocycles. The molecule has 0 aliphatic carbocycles. The van der Waals surface area contributed by atoms with Crippen molar-refractivity contribution in [3.05, 3.63) is 35.4 Å². The predicted molar refractivity (Wildman–Crippen MR) is 80.0 cm³/mol. The van der Waals surface area contributed by atoms with Gasteiger partial charge in [0.25, 0.3) is 0 Å². The summed E-state index contributed by atoms with van der Waals surface area (Å²) in [7, 11) is 0. The van der Waals surface area contributed by atoms with Crippen molar-refractivity contribution >= 4 is 17.6 Å². The van der Waals surface area contributed by atoms with Gasteiger partial charge in [-0.2, -0.15) is 5.10 Å². The van der Waals surface area contributed by atoms with Gasteiger partial charge in [0.1, 0.15) is 5.71 Å². The first-order valence-corrected chi connectivity index (χ1v) is 6.98. The summed E-state index contributed by atoms with van der Waals surface area (Å²) in [5.74, 6) is -1.20. The van der Waals surface area contributed by atoms with E-state index in [4.69, 9.17) is 5.11 Å². The van der Waals surface area contributed by atoms with Gasteiger partial charge in [0.15, 0.2) is 0 Å². The molecular weight excluding hydrogens is 268 g/mol. The van der Waals surface area contributed by atoms with Crippen LogP contribution in [0.15, 0.2) is 29.4 Å². The van der Waals surface area contributed by atoms with Crippen LogP contribution in [-0.4, -0.2) is 27.7 Å². The lowest BCUT2D eigenvalue weighted by Gasteiger charge is -2.23. The average Bonchev–Trinajstić information content (AvgIpc) is 2.40. The van der Waals surface area contributed by atoms with Gasteiger partial charge in [-0.15, -0.1) is 0 Å². The Labute approximate surface area is 124 Å². The molecule has 1 aliphatic heterocycles. The number of carboxylic acids is 1. The first-order valence-electron chi connectivity index (χ1n) is 6.98. The molecule has 0 unspecified atom stereocenters. The van der Waals surface area contributed by atoms with Crippen LogP contribution in [0.5, 0.6) is 0 Å². The second kappa shape index (κ2) is 5.68. The number of hydrogen-bond donors (Lipinski definition) is 1. The number of carbonyl (C=O) groups excluding carboxylic acids is 1. The van der Waals surface area contributed by atoms with Crippen LogP contribution in [0.25, 0.3) is 0 Å². The van der Waals surface area contributed by atoms with Crippen LogP contribution in [0.4, 0.5) is 0 Å². The molecule has 5 nitrogen and oxygen atoms in total. The van der Waals surface area contributed by atoms with Crippen LogP contribution in [0.3, 0.4) is 0 Å². The topological polar surface area (TPSA) is 70.0 Å². The molecule has 1 N–H and O–H groups in total. The molecule has 5 heteroatoms. The van der Waals surface area contributed by atoms with Crippen molar-refractivity contribution in [2.24, 2.45) is 5.10 Å². The zero-order chi connectivity index (χ0) is 15.6. The largest absolute Gasteiger partial charge is 0.477 e. The van der Waals surface area contributed by atoms with E-state index >= 15 is 0 Å². The Morgan fingerprint density at radius 3 is 2.38 bits per heavy atom. The molecule has 0 radical (unpaired) electrons. The SMILES string of the molecule is CC(C)(C)c1ccc(CN2N=C(C(=O)O)CCC2=O)cc1. The minimum atomic E-state index is -1.06. The number of amides is 1. The third kappa shape index (κ3) is 3.68. The van der Waals surface area contributed by atoms with Gasteiger partial charge in [-0.25, -0.2) is 9.80 Å². The Balaban J connectivity index is 2.15. The minimum absolute atomic E-state index is 0.0425. The number of rotatable bonds is 3. The fourth-order valence-electron chi connectivity index (χ4n) is 2.16. The number of hydrogen-bond acceptors (Lipinski definition) is 3. The molecule has 0 saturated carbocycles. The van der Waals surface area contributed by atoms with Gasteiger partial charge in [-0.1, -0.05) is 45.0 Å². The molecule has 112 valence electrons. The van der Waals surface area contributed by atoms with Gasteiger partial charge in [0, 0.05) is 12.8 Å². The highest BCUT2D eigenvalue weighted by molar-refractivity contribution is 6.36. The Hall–Kier alpha value is -2.17. The molecule has 0 spiro atoms. The van der Waals surface area contributed by atoms with Gasteiger partial charge >= 0.3 is 5.97 Å². The average molecular weight is 288 g/mol. The van der Waals surface area contributed by atoms with Gasteiger partial charge in [-0.05, 0) is 16.5 Å². The number of aliphatic carboxylic acids is 1. The van der Waals surface area contributed by atoms with Gasteiger partial charge in [-0.3, -0.25) is 4.79 Å². The van der Waals surface area contributed by atoms with Crippen LogP contribution in [-0.2, 0) is 21.5 Å². The van der Waals surface area contributed by atoms with Crippen molar-refractivity contribution < 1.29 is 14.7 Å². The normalized spacial score (nSPS) is 15.9. The molecule has 0 saturated heterocycles. The Kier molecular flexibility index (Phi) is 4.11. The molecule has 1 aromatic carbocycles. The minimum Gasteiger partial charge on any atom is -0.477 e. The molecule has 1 aliphatic rings. The van der Waals surface area contributed by atoms with E-state index in [9.17, 15) is 9.59 Å². The Morgan fingerprint density at radius 1 is 1.24 bits per heavy atom. The quantitative estimate of drug-likeness (QED) is 0.929. The van der Waals surface area contributed by atoms with E-state index in [1.165, 1.54) is 10.6 Å². The second-order valence-electron chi connectivity index (χ2n) is 6.25. The standard InChI is InChI=1S/C16H20N2O3/c1-16(2,3)12-6-4-11(5-7-12)10-18-14(19)9-8-13(17-18)15(20)21/h4-7H,8-10H2,1-3H3,(H,20,21). The summed E-state index contributed by atoms with van der Waals surface area (Å²) in [5.41, 5.74) is 2.27. The summed E-state index contributed by atoms with van der Waals surface area (Å²) in [6.07, 6.45) is 0.402. The predicted octanol–water partition coefficient (Wildman–Crippen LogP) is 2.55. The third-order valence-electron chi connectivity index (χ3n) is 3.50. The van der Waals surface area contributed by atoms with E-state index in [1.807, 2.05) is 24.3 Å². The van der Waals surface area contributed by atoms with Crippen molar-refractivity contribution in [1.29, 1.82) is 0 Å². The number of hydrazone groups is 1. The van der Waals surface area contributed by atoms with Crippen LogP contribution >= 0.6 is 0 Å². The number of carbonyl (C=O) groups is 2. The molecular formula is C16H20N2O3. The molecule has 21 heavy (non-hydrogen) atoms. The summed E-state index contributed by atoms with van der Waals surface area (Å²) in [6.45, 7) is 6.72. The summed E-state index contributed by atoms with van der Waals surface area (Å²) in [6, 6.07) is 7.98. The molecule has 1 aromatic rings. The van der Waals surface area contributed by atoms with Crippen LogP contribution < -0.4 is 0 Å². The molecule has 0 atom stereocenters. The lowest BCUT2D eigenvalue weighted by Crippen LogP contribution is -2.33. The van der Waals surface area contributed by atoms with Gasteiger partial charge in [0.05, 0.1) is 6.54 Å². The van der Waals surface area contributed by atoms with Crippen molar-refractivity contribution in [3.8, 4) is 0 Å². The van der Waals surface area contributed by atoms with Crippen molar-refractivity contribution in [1.82, 2.24) is 5.01 Å². The van der Waals surface area contributed by atoms with Crippen LogP contribution in [0.2, 0.25) is 0 Å². The fraction of sp³-hybridized carbons (Fsp3) is 0.438. The summed E-state index contributed by atoms with van der Waals surface area (Å²) in [4.78, 5) is 22.8. The van der Waals surface area contributed by atoms with Gasteiger partial charge < -0.3 is 5.11 Å². The molecule has 1 heterocycles. The van der Waals surface area contributed by atoms with E-state index < -0.39 is 5.97 Å². The summed E-state index contributed by atoms with van der Waals surface area (Å²) in [5, 5.41) is 14.1. The van der Waals surface area contributed by atoms with Crippen molar-refractivity contribution in [3.63, 3.8) is 0 Å². The maximum Gasteiger partial charge on any atom is 0.352 e. The molecule has 2 rings (SSSR count). The smallest absolute Gasteiger partial charge is 0.352 e. The van der Waals surface area contributed by atoms with E-state index in [1.54, 1.807) is 0 Å². The number of benzene rings is 1. The maximum atomic E-state index is 11.8. The number of carboxylic acid groups (broad SMARTS) is 1. The summed E-state index contributed by atoms with van der Waals surface area (Å²) < 4.78 is 0. The highest BCUT2D eigenvalue weighted by Crippen LogP contribution is 2.23. The summed E-state index contributed by atoms with van der Waals surface area (Å²) >= 11 is 0. The lowest BCUT2D eigenvalue weighted by molar-refractivity contribution is -0.133. The van der Waals surface area contributed by atoms with Crippen LogP contribution in [0, 0.1) is 0 Å². The maximum absolute atomic E-state index is 11.8. The first-order chi connectivity index (χ1) is 9.77. The lowest BCUT2D eigenvalue weighted by atomic mass is 9.87. The van der Waals surface area contributed by atoms with Crippen molar-refractivity contribution in [2.45, 2.75) is 45.6 Å². The monoisotopic (exact) mass is 288 g/mol. The first kappa shape index (κ1) is 15.2. The van der Waals surface area contributed by atoms with Crippen LogP contribution in [0.1, 0.15) is 44.7 Å². The second-order valence-corrected chi connectivity index (χ2v) is 6.25. The van der Waals surface area contributed by atoms with E-state index in [0.29, 0.717) is 6.54 Å². The van der Waals surface area contributed by atoms with E-state index in [0.717, 1.165) is 5.56 Å². The van der Waals surface area contributed by atoms with E-state index in [2.05, 4.69) is 25.9 Å². The van der Waals surface area contributed by atoms with E-state index in [-0.39, 0.29) is 29.9 Å². The molecule has 0 fully saturated rings. The molecule has 0 bridgehead atoms. The highest BCUT2D eigenvalue weighted by atomic mass is 16.4. The highest BCUT2D eigenvalue weighted by Gasteiger charge is 2.24. The zero-order valence-corrected chi connectivity index (χ0v) is 12.6. The zero-order valence-electron chi connectivity index (χ0n) is 12.6.